The smallest absolute Gasteiger partial charge is 0.254 e. The molecule has 2 amide bonds. The molecule has 1 fully saturated rings. The van der Waals surface area contributed by atoms with Crippen molar-refractivity contribution in [3.8, 4) is 17.2 Å². The van der Waals surface area contributed by atoms with Crippen molar-refractivity contribution in [2.24, 2.45) is 0 Å². The number of piperazine rings is 1. The van der Waals surface area contributed by atoms with Crippen molar-refractivity contribution < 1.29 is 24.9 Å². The summed E-state index contributed by atoms with van der Waals surface area (Å²) in [5, 5.41) is 28.5. The number of benzene rings is 2. The lowest BCUT2D eigenvalue weighted by Gasteiger charge is -2.34. The highest BCUT2D eigenvalue weighted by Gasteiger charge is 2.25. The number of aromatic hydroxyl groups is 3. The summed E-state index contributed by atoms with van der Waals surface area (Å²) in [6.45, 7) is 1.46. The van der Waals surface area contributed by atoms with Gasteiger partial charge in [-0.05, 0) is 23.8 Å². The summed E-state index contributed by atoms with van der Waals surface area (Å²) in [5.74, 6) is -2.28. The topological polar surface area (TPSA) is 101 Å². The lowest BCUT2D eigenvalue weighted by molar-refractivity contribution is -0.127. The Morgan fingerprint density at radius 1 is 0.852 bits per heavy atom. The number of carbonyl (C=O) groups is 2. The lowest BCUT2D eigenvalue weighted by atomic mass is 10.1. The quantitative estimate of drug-likeness (QED) is 0.566. The second kappa shape index (κ2) is 7.82. The third-order valence-electron chi connectivity index (χ3n) is 4.41. The number of nitrogens with zero attached hydrogens (tertiary/aromatic N) is 2. The number of hydrogen-bond donors (Lipinski definition) is 3. The number of amides is 2. The van der Waals surface area contributed by atoms with Gasteiger partial charge in [0, 0.05) is 37.8 Å². The van der Waals surface area contributed by atoms with Crippen LogP contribution in [0.3, 0.4) is 0 Å². The zero-order chi connectivity index (χ0) is 19.4. The predicted octanol–water partition coefficient (Wildman–Crippen LogP) is 1.80. The summed E-state index contributed by atoms with van der Waals surface area (Å²) in [7, 11) is 0. The summed E-state index contributed by atoms with van der Waals surface area (Å²) in [4.78, 5) is 28.0. The third kappa shape index (κ3) is 4.20. The van der Waals surface area contributed by atoms with Gasteiger partial charge in [0.15, 0.2) is 17.2 Å². The predicted molar refractivity (Wildman–Crippen MR) is 99.4 cm³/mol. The van der Waals surface area contributed by atoms with Crippen molar-refractivity contribution in [2.75, 3.05) is 26.2 Å². The maximum Gasteiger partial charge on any atom is 0.254 e. The van der Waals surface area contributed by atoms with Crippen molar-refractivity contribution in [3.05, 3.63) is 59.7 Å². The molecule has 0 spiro atoms. The average Bonchev–Trinajstić information content (AvgIpc) is 2.70. The molecule has 1 aliphatic rings. The Bertz CT molecular complexity index is 848. The second-order valence-electron chi connectivity index (χ2n) is 6.22. The molecule has 1 heterocycles. The molecule has 7 heteroatoms. The van der Waals surface area contributed by atoms with Gasteiger partial charge < -0.3 is 25.1 Å². The second-order valence-corrected chi connectivity index (χ2v) is 6.22. The molecule has 0 radical (unpaired) electrons. The van der Waals surface area contributed by atoms with E-state index in [1.54, 1.807) is 11.0 Å². The molecule has 27 heavy (non-hydrogen) atoms. The first-order chi connectivity index (χ1) is 13.0. The molecule has 0 unspecified atom stereocenters. The summed E-state index contributed by atoms with van der Waals surface area (Å²) >= 11 is 0. The van der Waals surface area contributed by atoms with Crippen LogP contribution in [0.15, 0.2) is 48.5 Å². The molecule has 0 atom stereocenters. The Kier molecular flexibility index (Phi) is 5.30. The van der Waals surface area contributed by atoms with E-state index in [-0.39, 0.29) is 17.4 Å². The molecule has 2 aromatic carbocycles. The number of carbonyl (C=O) groups excluding carboxylic acids is 2. The highest BCUT2D eigenvalue weighted by atomic mass is 16.3. The zero-order valence-electron chi connectivity index (χ0n) is 14.6. The van der Waals surface area contributed by atoms with Gasteiger partial charge in [0.05, 0.1) is 0 Å². The van der Waals surface area contributed by atoms with Gasteiger partial charge in [-0.3, -0.25) is 9.59 Å². The number of phenolic OH excluding ortho intramolecular Hbond substituents is 3. The van der Waals surface area contributed by atoms with E-state index in [0.29, 0.717) is 26.2 Å². The highest BCUT2D eigenvalue weighted by molar-refractivity contribution is 5.96. The van der Waals surface area contributed by atoms with Crippen molar-refractivity contribution in [2.45, 2.75) is 0 Å². The van der Waals surface area contributed by atoms with Gasteiger partial charge in [0.2, 0.25) is 5.91 Å². The zero-order valence-corrected chi connectivity index (χ0v) is 14.6. The summed E-state index contributed by atoms with van der Waals surface area (Å²) < 4.78 is 0. The van der Waals surface area contributed by atoms with Crippen molar-refractivity contribution in [1.82, 2.24) is 9.80 Å². The number of rotatable bonds is 3. The summed E-state index contributed by atoms with van der Waals surface area (Å²) in [6, 6.07) is 11.7. The Morgan fingerprint density at radius 2 is 1.41 bits per heavy atom. The van der Waals surface area contributed by atoms with E-state index in [2.05, 4.69) is 0 Å². The number of hydrogen-bond acceptors (Lipinski definition) is 5. The lowest BCUT2D eigenvalue weighted by Crippen LogP contribution is -2.50. The first-order valence-corrected chi connectivity index (χ1v) is 8.52. The molecular formula is C20H20N2O5. The first kappa shape index (κ1) is 18.3. The minimum Gasteiger partial charge on any atom is -0.504 e. The fourth-order valence-electron chi connectivity index (χ4n) is 2.88. The summed E-state index contributed by atoms with van der Waals surface area (Å²) in [6.07, 6.45) is 3.27. The Labute approximate surface area is 156 Å². The van der Waals surface area contributed by atoms with Crippen LogP contribution in [0, 0.1) is 0 Å². The van der Waals surface area contributed by atoms with Gasteiger partial charge in [-0.25, -0.2) is 0 Å². The standard InChI is InChI=1S/C20H20N2O5/c23-16-12-15(13-17(24)19(16)26)20(27)22-10-8-21(9-11-22)18(25)7-6-14-4-2-1-3-5-14/h1-7,12-13,23-24,26H,8-11H2/b7-6+. The fourth-order valence-corrected chi connectivity index (χ4v) is 2.88. The highest BCUT2D eigenvalue weighted by Crippen LogP contribution is 2.35. The third-order valence-corrected chi connectivity index (χ3v) is 4.41. The van der Waals surface area contributed by atoms with Gasteiger partial charge in [-0.2, -0.15) is 0 Å². The van der Waals surface area contributed by atoms with Crippen LogP contribution in [0.2, 0.25) is 0 Å². The molecule has 1 saturated heterocycles. The Morgan fingerprint density at radius 3 is 2.00 bits per heavy atom. The largest absolute Gasteiger partial charge is 0.504 e. The fraction of sp³-hybridized carbons (Fsp3) is 0.200. The Hall–Kier alpha value is -3.48. The first-order valence-electron chi connectivity index (χ1n) is 8.52. The van der Waals surface area contributed by atoms with Crippen molar-refractivity contribution in [1.29, 1.82) is 0 Å². The van der Waals surface area contributed by atoms with E-state index in [1.165, 1.54) is 11.0 Å². The van der Waals surface area contributed by atoms with Gasteiger partial charge in [-0.15, -0.1) is 0 Å². The molecule has 0 bridgehead atoms. The van der Waals surface area contributed by atoms with E-state index in [1.807, 2.05) is 30.3 Å². The molecule has 0 aromatic heterocycles. The van der Waals surface area contributed by atoms with E-state index >= 15 is 0 Å². The van der Waals surface area contributed by atoms with Crippen LogP contribution in [0.4, 0.5) is 0 Å². The molecule has 3 N–H and O–H groups in total. The van der Waals surface area contributed by atoms with Crippen LogP contribution < -0.4 is 0 Å². The monoisotopic (exact) mass is 368 g/mol. The van der Waals surface area contributed by atoms with Crippen LogP contribution in [-0.4, -0.2) is 63.1 Å². The van der Waals surface area contributed by atoms with Gasteiger partial charge in [0.25, 0.3) is 5.91 Å². The molecule has 7 nitrogen and oxygen atoms in total. The van der Waals surface area contributed by atoms with Crippen LogP contribution in [0.1, 0.15) is 15.9 Å². The van der Waals surface area contributed by atoms with Gasteiger partial charge in [-0.1, -0.05) is 30.3 Å². The van der Waals surface area contributed by atoms with Gasteiger partial charge in [0.1, 0.15) is 0 Å². The van der Waals surface area contributed by atoms with E-state index in [4.69, 9.17) is 0 Å². The molecular weight excluding hydrogens is 348 g/mol. The van der Waals surface area contributed by atoms with Crippen LogP contribution >= 0.6 is 0 Å². The van der Waals surface area contributed by atoms with Gasteiger partial charge >= 0.3 is 0 Å². The normalized spacial score (nSPS) is 14.5. The van der Waals surface area contributed by atoms with Crippen molar-refractivity contribution in [3.63, 3.8) is 0 Å². The van der Waals surface area contributed by atoms with Crippen LogP contribution in [-0.2, 0) is 4.79 Å². The SMILES string of the molecule is O=C(/C=C/c1ccccc1)N1CCN(C(=O)c2cc(O)c(O)c(O)c2)CC1. The van der Waals surface area contributed by atoms with E-state index in [0.717, 1.165) is 17.7 Å². The van der Waals surface area contributed by atoms with Crippen molar-refractivity contribution >= 4 is 17.9 Å². The molecule has 0 saturated carbocycles. The average molecular weight is 368 g/mol. The number of phenols is 3. The minimum absolute atomic E-state index is 0.0755. The molecule has 2 aromatic rings. The van der Waals surface area contributed by atoms with Crippen LogP contribution in [0.25, 0.3) is 6.08 Å². The molecule has 3 rings (SSSR count). The molecule has 0 aliphatic carbocycles. The maximum absolute atomic E-state index is 12.5. The summed E-state index contributed by atoms with van der Waals surface area (Å²) in [5.41, 5.74) is 1.01. The maximum atomic E-state index is 12.5. The van der Waals surface area contributed by atoms with E-state index in [9.17, 15) is 24.9 Å². The molecule has 1 aliphatic heterocycles. The van der Waals surface area contributed by atoms with E-state index < -0.39 is 17.2 Å². The molecule has 140 valence electrons. The van der Waals surface area contributed by atoms with Crippen LogP contribution in [0.5, 0.6) is 17.2 Å². The Balaban J connectivity index is 1.59. The minimum atomic E-state index is -0.660.